The first kappa shape index (κ1) is 40.7. The molecule has 20 nitrogen and oxygen atoms in total. The molecule has 5 aromatic rings. The van der Waals surface area contributed by atoms with E-state index in [9.17, 15) is 29.8 Å². The van der Waals surface area contributed by atoms with Crippen molar-refractivity contribution >= 4 is 29.0 Å². The molecule has 0 saturated carbocycles. The molecule has 57 heavy (non-hydrogen) atoms. The third kappa shape index (κ3) is 11.5. The lowest BCUT2D eigenvalue weighted by Crippen LogP contribution is -2.33. The highest BCUT2D eigenvalue weighted by atomic mass is 17.0. The second kappa shape index (κ2) is 19.7. The van der Waals surface area contributed by atoms with Gasteiger partial charge in [0.25, 0.3) is 16.2 Å². The number of fused-ring (bicyclic) bond motifs is 1. The average Bonchev–Trinajstić information content (AvgIpc) is 3.54. The van der Waals surface area contributed by atoms with Gasteiger partial charge in [0.2, 0.25) is 0 Å². The number of nitrogens with zero attached hydrogens (tertiary/aromatic N) is 6. The SMILES string of the molecule is CCOc1nc2cccc(C(=O)OCCCCO[N+](=O)[O-])c2n1Cc1ccc(-c2ccccc2/C(N)=N/N(N)COC(=O)Oc2cccc(CO[N+](=O)[O-])c2)cc1. The standard InChI is InChI=1S/C37H38N8O12/c1-2-52-36-40-32-14-8-13-31(35(46)53-19-5-6-20-55-44(48)49)33(32)42(36)22-25-15-17-27(18-16-25)29-11-3-4-12-30(29)34(38)41-43(39)24-54-37(47)57-28-10-7-9-26(21-28)23-56-45(50)51/h3-4,7-18,21H,2,5-6,19-20,22-24,39H2,1H3,(H2,38,41). The van der Waals surface area contributed by atoms with Gasteiger partial charge in [-0.3, -0.25) is 4.57 Å². The van der Waals surface area contributed by atoms with Crippen LogP contribution in [-0.2, 0) is 32.3 Å². The molecule has 4 N–H and O–H groups in total. The molecule has 0 saturated heterocycles. The zero-order chi connectivity index (χ0) is 40.7. The van der Waals surface area contributed by atoms with Gasteiger partial charge >= 0.3 is 12.1 Å². The Morgan fingerprint density at radius 1 is 0.860 bits per heavy atom. The van der Waals surface area contributed by atoms with Crippen molar-refractivity contribution in [2.45, 2.75) is 32.9 Å². The van der Waals surface area contributed by atoms with E-state index in [0.717, 1.165) is 21.8 Å². The van der Waals surface area contributed by atoms with Gasteiger partial charge in [-0.1, -0.05) is 66.7 Å². The fourth-order valence-corrected chi connectivity index (χ4v) is 5.52. The van der Waals surface area contributed by atoms with Gasteiger partial charge in [-0.05, 0) is 66.3 Å². The predicted octanol–water partition coefficient (Wildman–Crippen LogP) is 4.97. The summed E-state index contributed by atoms with van der Waals surface area (Å²) < 4.78 is 23.3. The minimum atomic E-state index is -1.10. The molecule has 20 heteroatoms. The monoisotopic (exact) mass is 786 g/mol. The summed E-state index contributed by atoms with van der Waals surface area (Å²) in [6, 6.07) is 26.2. The van der Waals surface area contributed by atoms with Crippen LogP contribution in [-0.4, -0.2) is 69.4 Å². The first-order valence-corrected chi connectivity index (χ1v) is 17.3. The molecular formula is C37H38N8O12. The lowest BCUT2D eigenvalue weighted by Gasteiger charge is -2.15. The Hall–Kier alpha value is -7.48. The fourth-order valence-electron chi connectivity index (χ4n) is 5.52. The maximum atomic E-state index is 13.2. The lowest BCUT2D eigenvalue weighted by atomic mass is 9.98. The molecular weight excluding hydrogens is 748 g/mol. The van der Waals surface area contributed by atoms with Gasteiger partial charge in [0.05, 0.1) is 43.0 Å². The Balaban J connectivity index is 1.25. The first-order chi connectivity index (χ1) is 27.5. The molecule has 1 aromatic heterocycles. The van der Waals surface area contributed by atoms with Crippen molar-refractivity contribution < 1.29 is 48.4 Å². The summed E-state index contributed by atoms with van der Waals surface area (Å²) in [6.45, 7) is 1.58. The number of para-hydroxylation sites is 1. The second-order valence-electron chi connectivity index (χ2n) is 11.9. The van der Waals surface area contributed by atoms with Crippen molar-refractivity contribution in [2.24, 2.45) is 16.7 Å². The highest BCUT2D eigenvalue weighted by molar-refractivity contribution is 6.03. The van der Waals surface area contributed by atoms with Crippen LogP contribution in [0.2, 0.25) is 0 Å². The number of ether oxygens (including phenoxy) is 4. The summed E-state index contributed by atoms with van der Waals surface area (Å²) in [4.78, 5) is 59.5. The Kier molecular flexibility index (Phi) is 14.1. The number of rotatable bonds is 20. The molecule has 5 rings (SSSR count). The van der Waals surface area contributed by atoms with Crippen LogP contribution < -0.4 is 21.1 Å². The zero-order valence-corrected chi connectivity index (χ0v) is 30.6. The molecule has 0 aliphatic carbocycles. The number of aromatic nitrogens is 2. The van der Waals surface area contributed by atoms with Crippen molar-refractivity contribution in [3.63, 3.8) is 0 Å². The second-order valence-corrected chi connectivity index (χ2v) is 11.9. The van der Waals surface area contributed by atoms with E-state index in [1.807, 2.05) is 43.3 Å². The number of esters is 1. The summed E-state index contributed by atoms with van der Waals surface area (Å²) in [6.07, 6.45) is -0.375. The normalized spacial score (nSPS) is 11.1. The van der Waals surface area contributed by atoms with Crippen molar-refractivity contribution in [3.05, 3.63) is 133 Å². The topological polar surface area (TPSA) is 261 Å². The van der Waals surface area contributed by atoms with Crippen LogP contribution in [0.5, 0.6) is 11.8 Å². The largest absolute Gasteiger partial charge is 0.515 e. The number of carbonyl (C=O) groups is 2. The quantitative estimate of drug-likeness (QED) is 0.0121. The number of nitrogens with two attached hydrogens (primary N) is 2. The lowest BCUT2D eigenvalue weighted by molar-refractivity contribution is -0.763. The molecule has 0 aliphatic rings. The van der Waals surface area contributed by atoms with E-state index in [4.69, 9.17) is 30.5 Å². The van der Waals surface area contributed by atoms with Crippen LogP contribution in [0.1, 0.15) is 46.8 Å². The third-order valence-corrected chi connectivity index (χ3v) is 7.99. The Bertz CT molecular complexity index is 2230. The molecule has 298 valence electrons. The van der Waals surface area contributed by atoms with Crippen LogP contribution in [0.25, 0.3) is 22.2 Å². The van der Waals surface area contributed by atoms with Crippen molar-refractivity contribution in [2.75, 3.05) is 26.6 Å². The van der Waals surface area contributed by atoms with Crippen molar-refractivity contribution in [1.29, 1.82) is 0 Å². The summed E-state index contributed by atoms with van der Waals surface area (Å²) in [5.74, 6) is 5.49. The molecule has 1 heterocycles. The predicted molar refractivity (Wildman–Crippen MR) is 201 cm³/mol. The molecule has 0 amide bonds. The number of carbonyl (C=O) groups excluding carboxylic acids is 2. The molecule has 0 unspecified atom stereocenters. The summed E-state index contributed by atoms with van der Waals surface area (Å²) in [7, 11) is 0. The number of benzene rings is 4. The molecule has 0 spiro atoms. The van der Waals surface area contributed by atoms with E-state index in [0.29, 0.717) is 54.2 Å². The summed E-state index contributed by atoms with van der Waals surface area (Å²) in [5, 5.41) is 24.0. The molecule has 0 atom stereocenters. The maximum absolute atomic E-state index is 13.2. The third-order valence-electron chi connectivity index (χ3n) is 7.99. The molecule has 0 fully saturated rings. The zero-order valence-electron chi connectivity index (χ0n) is 30.6. The molecule has 0 aliphatic heterocycles. The minimum Gasteiger partial charge on any atom is -0.465 e. The van der Waals surface area contributed by atoms with Gasteiger partial charge < -0.3 is 34.4 Å². The Morgan fingerprint density at radius 3 is 2.33 bits per heavy atom. The average molecular weight is 787 g/mol. The molecule has 0 radical (unpaired) electrons. The van der Waals surface area contributed by atoms with E-state index in [2.05, 4.69) is 19.8 Å². The van der Waals surface area contributed by atoms with Crippen molar-refractivity contribution in [3.8, 4) is 22.9 Å². The summed E-state index contributed by atoms with van der Waals surface area (Å²) >= 11 is 0. The van der Waals surface area contributed by atoms with E-state index in [1.54, 1.807) is 41.0 Å². The van der Waals surface area contributed by atoms with Gasteiger partial charge in [0, 0.05) is 5.56 Å². The smallest absolute Gasteiger partial charge is 0.465 e. The van der Waals surface area contributed by atoms with Gasteiger partial charge in [-0.2, -0.15) is 10.1 Å². The van der Waals surface area contributed by atoms with E-state index in [1.165, 1.54) is 18.2 Å². The van der Waals surface area contributed by atoms with Gasteiger partial charge in [0.15, 0.2) is 12.6 Å². The molecule has 0 bridgehead atoms. The number of amidine groups is 1. The number of hydrazone groups is 1. The van der Waals surface area contributed by atoms with E-state index < -0.39 is 29.0 Å². The maximum Gasteiger partial charge on any atom is 0.515 e. The Labute approximate surface area is 324 Å². The minimum absolute atomic E-state index is 0.0307. The van der Waals surface area contributed by atoms with Gasteiger partial charge in [-0.15, -0.1) is 25.3 Å². The van der Waals surface area contributed by atoms with Crippen LogP contribution in [0.4, 0.5) is 4.79 Å². The van der Waals surface area contributed by atoms with Gasteiger partial charge in [-0.25, -0.2) is 15.4 Å². The number of imidazole rings is 1. The van der Waals surface area contributed by atoms with Gasteiger partial charge in [0.1, 0.15) is 12.4 Å². The highest BCUT2D eigenvalue weighted by Gasteiger charge is 2.21. The van der Waals surface area contributed by atoms with Crippen LogP contribution >= 0.6 is 0 Å². The number of hydrogen-bond donors (Lipinski definition) is 2. The fraction of sp³-hybridized carbons (Fsp3) is 0.243. The van der Waals surface area contributed by atoms with Crippen LogP contribution in [0.3, 0.4) is 0 Å². The molecule has 4 aromatic carbocycles. The Morgan fingerprint density at radius 2 is 1.58 bits per heavy atom. The van der Waals surface area contributed by atoms with Crippen molar-refractivity contribution in [1.82, 2.24) is 14.7 Å². The van der Waals surface area contributed by atoms with Crippen LogP contribution in [0.15, 0.2) is 96.1 Å². The van der Waals surface area contributed by atoms with E-state index >= 15 is 0 Å². The number of hydrogen-bond acceptors (Lipinski definition) is 16. The van der Waals surface area contributed by atoms with Crippen LogP contribution in [0, 0.1) is 20.2 Å². The number of unbranched alkanes of at least 4 members (excludes halogenated alkanes) is 1. The number of hydrazine groups is 1. The summed E-state index contributed by atoms with van der Waals surface area (Å²) in [5.41, 5.74) is 11.1. The highest BCUT2D eigenvalue weighted by Crippen LogP contribution is 2.29. The first-order valence-electron chi connectivity index (χ1n) is 17.3. The van der Waals surface area contributed by atoms with E-state index in [-0.39, 0.29) is 37.0 Å².